The van der Waals surface area contributed by atoms with E-state index in [-0.39, 0.29) is 11.3 Å². The lowest BCUT2D eigenvalue weighted by Crippen LogP contribution is -2.09. The monoisotopic (exact) mass is 316 g/mol. The van der Waals surface area contributed by atoms with Gasteiger partial charge in [0.05, 0.1) is 22.1 Å². The van der Waals surface area contributed by atoms with Gasteiger partial charge in [0.15, 0.2) is 5.69 Å². The number of aromatic nitrogens is 1. The van der Waals surface area contributed by atoms with E-state index in [4.69, 9.17) is 10.00 Å². The van der Waals surface area contributed by atoms with Crippen molar-refractivity contribution >= 4 is 17.3 Å². The number of aryl methyl sites for hydroxylation is 1. The summed E-state index contributed by atoms with van der Waals surface area (Å²) in [6.45, 7) is 2.21. The second-order valence-corrected chi connectivity index (χ2v) is 6.46. The maximum atomic E-state index is 13.4. The van der Waals surface area contributed by atoms with Crippen LogP contribution in [-0.2, 0) is 4.74 Å². The van der Waals surface area contributed by atoms with Crippen molar-refractivity contribution in [1.29, 1.82) is 5.26 Å². The fourth-order valence-corrected chi connectivity index (χ4v) is 2.96. The molecule has 1 heterocycles. The van der Waals surface area contributed by atoms with Gasteiger partial charge in [-0.25, -0.2) is 14.2 Å². The number of esters is 1. The quantitative estimate of drug-likeness (QED) is 0.807. The van der Waals surface area contributed by atoms with E-state index in [1.54, 1.807) is 19.1 Å². The molecular weight excluding hydrogens is 303 g/mol. The maximum absolute atomic E-state index is 13.4. The van der Waals surface area contributed by atoms with Crippen LogP contribution in [0.4, 0.5) is 4.39 Å². The highest BCUT2D eigenvalue weighted by atomic mass is 32.1. The molecule has 0 atom stereocenters. The van der Waals surface area contributed by atoms with Crippen LogP contribution in [0.1, 0.15) is 33.9 Å². The first-order chi connectivity index (χ1) is 10.6. The summed E-state index contributed by atoms with van der Waals surface area (Å²) in [4.78, 5) is 17.0. The molecule has 1 aromatic heterocycles. The Morgan fingerprint density at radius 2 is 2.32 bits per heavy atom. The minimum absolute atomic E-state index is 0.0548. The molecule has 0 bridgehead atoms. The Hall–Kier alpha value is -2.26. The summed E-state index contributed by atoms with van der Waals surface area (Å²) in [6, 6.07) is 6.00. The van der Waals surface area contributed by atoms with Crippen LogP contribution in [0.2, 0.25) is 0 Å². The number of thiazole rings is 1. The average Bonchev–Trinajstić information content (AvgIpc) is 3.26. The van der Waals surface area contributed by atoms with Gasteiger partial charge in [-0.05, 0) is 43.4 Å². The number of nitrogens with zero attached hydrogens (tertiary/aromatic N) is 2. The van der Waals surface area contributed by atoms with E-state index in [0.717, 1.165) is 17.8 Å². The first-order valence-corrected chi connectivity index (χ1v) is 7.74. The van der Waals surface area contributed by atoms with E-state index >= 15 is 0 Å². The molecule has 2 aromatic rings. The molecule has 22 heavy (non-hydrogen) atoms. The lowest BCUT2D eigenvalue weighted by atomic mass is 10.1. The van der Waals surface area contributed by atoms with Crippen molar-refractivity contribution in [3.63, 3.8) is 0 Å². The third-order valence-electron chi connectivity index (χ3n) is 3.42. The molecule has 0 unspecified atom stereocenters. The van der Waals surface area contributed by atoms with E-state index in [9.17, 15) is 9.18 Å². The molecule has 0 aliphatic heterocycles. The van der Waals surface area contributed by atoms with E-state index in [2.05, 4.69) is 4.98 Å². The summed E-state index contributed by atoms with van der Waals surface area (Å²) < 4.78 is 18.7. The third-order valence-corrected chi connectivity index (χ3v) is 4.44. The Bertz CT molecular complexity index is 775. The van der Waals surface area contributed by atoms with Crippen LogP contribution in [0.25, 0.3) is 10.4 Å². The first-order valence-electron chi connectivity index (χ1n) is 6.93. The van der Waals surface area contributed by atoms with Crippen LogP contribution in [-0.4, -0.2) is 17.6 Å². The van der Waals surface area contributed by atoms with Crippen LogP contribution in [0.3, 0.4) is 0 Å². The fraction of sp³-hybridized carbons (Fsp3) is 0.312. The zero-order chi connectivity index (χ0) is 15.7. The highest BCUT2D eigenvalue weighted by Crippen LogP contribution is 2.33. The average molecular weight is 316 g/mol. The van der Waals surface area contributed by atoms with Crippen LogP contribution >= 0.6 is 11.3 Å². The standard InChI is InChI=1S/C16H13FN2O2S/c1-9-19-14(16(20)21-8-10-2-3-10)15(22-9)11-4-5-13(17)12(6-11)7-18/h4-6,10H,2-3,8H2,1H3. The minimum Gasteiger partial charge on any atom is -0.461 e. The number of hydrogen-bond donors (Lipinski definition) is 0. The zero-order valence-corrected chi connectivity index (χ0v) is 12.7. The number of hydrogen-bond acceptors (Lipinski definition) is 5. The van der Waals surface area contributed by atoms with E-state index in [1.807, 2.05) is 0 Å². The first kappa shape index (κ1) is 14.7. The van der Waals surface area contributed by atoms with Crippen LogP contribution in [0, 0.1) is 30.0 Å². The van der Waals surface area contributed by atoms with Gasteiger partial charge >= 0.3 is 5.97 Å². The summed E-state index contributed by atoms with van der Waals surface area (Å²) in [6.07, 6.45) is 2.19. The van der Waals surface area contributed by atoms with Crippen molar-refractivity contribution in [3.05, 3.63) is 40.3 Å². The molecule has 4 nitrogen and oxygen atoms in total. The predicted octanol–water partition coefficient (Wildman–Crippen LogP) is 3.70. The van der Waals surface area contributed by atoms with Crippen molar-refractivity contribution in [1.82, 2.24) is 4.98 Å². The topological polar surface area (TPSA) is 63.0 Å². The minimum atomic E-state index is -0.578. The molecule has 6 heteroatoms. The van der Waals surface area contributed by atoms with Gasteiger partial charge in [-0.2, -0.15) is 5.26 Å². The molecule has 1 aliphatic carbocycles. The van der Waals surface area contributed by atoms with Crippen LogP contribution in [0.15, 0.2) is 18.2 Å². The van der Waals surface area contributed by atoms with E-state index in [0.29, 0.717) is 23.0 Å². The molecule has 1 aromatic carbocycles. The number of halogens is 1. The molecule has 0 spiro atoms. The predicted molar refractivity (Wildman–Crippen MR) is 80.0 cm³/mol. The molecule has 3 rings (SSSR count). The summed E-state index contributed by atoms with van der Waals surface area (Å²) in [7, 11) is 0. The number of ether oxygens (including phenoxy) is 1. The van der Waals surface area contributed by atoms with Gasteiger partial charge in [0.25, 0.3) is 0 Å². The summed E-state index contributed by atoms with van der Waals surface area (Å²) in [5, 5.41) is 9.65. The molecule has 0 saturated heterocycles. The molecule has 1 fully saturated rings. The third kappa shape index (κ3) is 3.00. The lowest BCUT2D eigenvalue weighted by molar-refractivity contribution is 0.0481. The molecule has 0 amide bonds. The Morgan fingerprint density at radius 3 is 3.00 bits per heavy atom. The molecule has 112 valence electrons. The highest BCUT2D eigenvalue weighted by Gasteiger charge is 2.26. The SMILES string of the molecule is Cc1nc(C(=O)OCC2CC2)c(-c2ccc(F)c(C#N)c2)s1. The summed E-state index contributed by atoms with van der Waals surface area (Å²) >= 11 is 1.33. The van der Waals surface area contributed by atoms with Gasteiger partial charge in [-0.15, -0.1) is 11.3 Å². The van der Waals surface area contributed by atoms with Crippen molar-refractivity contribution in [2.75, 3.05) is 6.61 Å². The molecular formula is C16H13FN2O2S. The summed E-state index contributed by atoms with van der Waals surface area (Å²) in [5.41, 5.74) is 0.779. The van der Waals surface area contributed by atoms with Crippen molar-refractivity contribution < 1.29 is 13.9 Å². The number of nitriles is 1. The Balaban J connectivity index is 1.93. The largest absolute Gasteiger partial charge is 0.461 e. The van der Waals surface area contributed by atoms with Gasteiger partial charge in [-0.1, -0.05) is 6.07 Å². The second kappa shape index (κ2) is 5.85. The lowest BCUT2D eigenvalue weighted by Gasteiger charge is -2.04. The maximum Gasteiger partial charge on any atom is 0.358 e. The van der Waals surface area contributed by atoms with E-state index < -0.39 is 11.8 Å². The normalized spacial score (nSPS) is 13.7. The highest BCUT2D eigenvalue weighted by molar-refractivity contribution is 7.15. The second-order valence-electron chi connectivity index (χ2n) is 5.26. The molecule has 1 aliphatic rings. The van der Waals surface area contributed by atoms with Crippen LogP contribution in [0.5, 0.6) is 0 Å². The van der Waals surface area contributed by atoms with Gasteiger partial charge < -0.3 is 4.74 Å². The number of carbonyl (C=O) groups excluding carboxylic acids is 1. The number of rotatable bonds is 4. The Kier molecular flexibility index (Phi) is 3.90. The van der Waals surface area contributed by atoms with Crippen molar-refractivity contribution in [2.24, 2.45) is 5.92 Å². The fourth-order valence-electron chi connectivity index (χ4n) is 2.06. The van der Waals surface area contributed by atoms with Gasteiger partial charge in [-0.3, -0.25) is 0 Å². The van der Waals surface area contributed by atoms with Gasteiger partial charge in [0.1, 0.15) is 11.9 Å². The Morgan fingerprint density at radius 1 is 1.55 bits per heavy atom. The molecule has 0 N–H and O–H groups in total. The Labute approximate surface area is 131 Å². The number of carbonyl (C=O) groups is 1. The van der Waals surface area contributed by atoms with Gasteiger partial charge in [0, 0.05) is 0 Å². The van der Waals surface area contributed by atoms with Gasteiger partial charge in [0.2, 0.25) is 0 Å². The smallest absolute Gasteiger partial charge is 0.358 e. The molecule has 0 radical (unpaired) electrons. The number of benzene rings is 1. The van der Waals surface area contributed by atoms with Crippen molar-refractivity contribution in [3.8, 4) is 16.5 Å². The molecule has 1 saturated carbocycles. The van der Waals surface area contributed by atoms with Crippen molar-refractivity contribution in [2.45, 2.75) is 19.8 Å². The zero-order valence-electron chi connectivity index (χ0n) is 11.9. The van der Waals surface area contributed by atoms with E-state index in [1.165, 1.54) is 23.5 Å². The van der Waals surface area contributed by atoms with Crippen LogP contribution < -0.4 is 0 Å². The summed E-state index contributed by atoms with van der Waals surface area (Å²) in [5.74, 6) is -0.567.